The Morgan fingerprint density at radius 2 is 1.92 bits per heavy atom. The fourth-order valence-corrected chi connectivity index (χ4v) is 4.18. The third-order valence-electron chi connectivity index (χ3n) is 5.64. The Morgan fingerprint density at radius 3 is 2.71 bits per heavy atom. The summed E-state index contributed by atoms with van der Waals surface area (Å²) in [7, 11) is 0. The number of hydrogen-bond acceptors (Lipinski definition) is 3. The molecule has 2 aliphatic rings. The van der Waals surface area contributed by atoms with Crippen molar-refractivity contribution in [3.05, 3.63) is 54.1 Å². The van der Waals surface area contributed by atoms with Gasteiger partial charge in [-0.3, -0.25) is 9.80 Å². The third-order valence-corrected chi connectivity index (χ3v) is 5.64. The molecule has 2 fully saturated rings. The summed E-state index contributed by atoms with van der Waals surface area (Å²) in [4.78, 5) is 9.67. The van der Waals surface area contributed by atoms with Crippen molar-refractivity contribution in [2.24, 2.45) is 0 Å². The summed E-state index contributed by atoms with van der Waals surface area (Å²) >= 11 is 0. The molecule has 0 aliphatic carbocycles. The van der Waals surface area contributed by atoms with Crippen LogP contribution in [0.2, 0.25) is 0 Å². The number of nitrogens with zero attached hydrogens (tertiary/aromatic N) is 4. The first-order chi connectivity index (χ1) is 11.8. The van der Waals surface area contributed by atoms with E-state index in [0.29, 0.717) is 0 Å². The van der Waals surface area contributed by atoms with Crippen molar-refractivity contribution >= 4 is 0 Å². The predicted octanol–water partition coefficient (Wildman–Crippen LogP) is 2.99. The molecule has 0 saturated carbocycles. The highest BCUT2D eigenvalue weighted by Gasteiger charge is 2.35. The van der Waals surface area contributed by atoms with Gasteiger partial charge in [0.15, 0.2) is 0 Å². The second-order valence-corrected chi connectivity index (χ2v) is 7.43. The smallest absolute Gasteiger partial charge is 0.0951 e. The highest BCUT2D eigenvalue weighted by Crippen LogP contribution is 2.25. The van der Waals surface area contributed by atoms with Gasteiger partial charge in [-0.15, -0.1) is 0 Å². The number of aromatic nitrogens is 2. The summed E-state index contributed by atoms with van der Waals surface area (Å²) in [6.07, 6.45) is 8.16. The fraction of sp³-hybridized carbons (Fsp3) is 0.550. The normalized spacial score (nSPS) is 23.3. The summed E-state index contributed by atoms with van der Waals surface area (Å²) in [6.45, 7) is 8.05. The molecule has 128 valence electrons. The number of likely N-dealkylation sites (tertiary alicyclic amines) is 2. The molecule has 0 amide bonds. The molecule has 0 N–H and O–H groups in total. The first-order valence-corrected chi connectivity index (χ1v) is 9.30. The quantitative estimate of drug-likeness (QED) is 0.845. The standard InChI is InChI=1S/C20H28N4/c1-17-7-5-6-10-24(17)20-14-22(15-20)13-19-11-21-16-23(19)12-18-8-3-2-4-9-18/h2-4,8-9,11,16-17,20H,5-7,10,12-15H2,1H3/t17-/m1/s1. The van der Waals surface area contributed by atoms with Crippen molar-refractivity contribution in [3.63, 3.8) is 0 Å². The second-order valence-electron chi connectivity index (χ2n) is 7.43. The molecule has 4 nitrogen and oxygen atoms in total. The molecule has 1 atom stereocenters. The highest BCUT2D eigenvalue weighted by atomic mass is 15.3. The van der Waals surface area contributed by atoms with E-state index in [-0.39, 0.29) is 0 Å². The lowest BCUT2D eigenvalue weighted by molar-refractivity contribution is -0.00714. The first kappa shape index (κ1) is 15.9. The van der Waals surface area contributed by atoms with E-state index in [0.717, 1.165) is 25.2 Å². The van der Waals surface area contributed by atoms with Crippen LogP contribution in [0.5, 0.6) is 0 Å². The molecule has 2 aliphatic heterocycles. The molecule has 0 radical (unpaired) electrons. The Kier molecular flexibility index (Phi) is 4.67. The van der Waals surface area contributed by atoms with E-state index in [1.807, 2.05) is 12.5 Å². The van der Waals surface area contributed by atoms with E-state index in [9.17, 15) is 0 Å². The Bertz CT molecular complexity index is 645. The highest BCUT2D eigenvalue weighted by molar-refractivity contribution is 5.16. The predicted molar refractivity (Wildman–Crippen MR) is 96.9 cm³/mol. The van der Waals surface area contributed by atoms with Crippen molar-refractivity contribution in [2.45, 2.75) is 51.4 Å². The zero-order valence-electron chi connectivity index (χ0n) is 14.6. The van der Waals surface area contributed by atoms with Gasteiger partial charge in [0.2, 0.25) is 0 Å². The van der Waals surface area contributed by atoms with E-state index in [4.69, 9.17) is 0 Å². The molecule has 0 bridgehead atoms. The van der Waals surface area contributed by atoms with Crippen molar-refractivity contribution < 1.29 is 0 Å². The maximum Gasteiger partial charge on any atom is 0.0951 e. The minimum Gasteiger partial charge on any atom is -0.329 e. The molecule has 2 saturated heterocycles. The fourth-order valence-electron chi connectivity index (χ4n) is 4.18. The van der Waals surface area contributed by atoms with Gasteiger partial charge in [-0.2, -0.15) is 0 Å². The van der Waals surface area contributed by atoms with Crippen LogP contribution in [0.4, 0.5) is 0 Å². The van der Waals surface area contributed by atoms with E-state index in [1.54, 1.807) is 0 Å². The lowest BCUT2D eigenvalue weighted by Gasteiger charge is -2.49. The first-order valence-electron chi connectivity index (χ1n) is 9.30. The summed E-state index contributed by atoms with van der Waals surface area (Å²) in [6, 6.07) is 12.2. The van der Waals surface area contributed by atoms with Gasteiger partial charge in [0.05, 0.1) is 12.0 Å². The zero-order chi connectivity index (χ0) is 16.4. The Balaban J connectivity index is 1.32. The van der Waals surface area contributed by atoms with Crippen LogP contribution in [0, 0.1) is 0 Å². The summed E-state index contributed by atoms with van der Waals surface area (Å²) in [5.74, 6) is 0. The number of hydrogen-bond donors (Lipinski definition) is 0. The number of piperidine rings is 1. The van der Waals surface area contributed by atoms with Gasteiger partial charge in [0.25, 0.3) is 0 Å². The zero-order valence-corrected chi connectivity index (χ0v) is 14.6. The average molecular weight is 324 g/mol. The Labute approximate surface area is 145 Å². The molecule has 4 rings (SSSR count). The van der Waals surface area contributed by atoms with Crippen LogP contribution in [0.3, 0.4) is 0 Å². The van der Waals surface area contributed by atoms with Crippen LogP contribution < -0.4 is 0 Å². The summed E-state index contributed by atoms with van der Waals surface area (Å²) in [5, 5.41) is 0. The van der Waals surface area contributed by atoms with E-state index in [1.165, 1.54) is 50.2 Å². The maximum atomic E-state index is 4.38. The average Bonchev–Trinajstić information content (AvgIpc) is 2.99. The Morgan fingerprint density at radius 1 is 1.08 bits per heavy atom. The lowest BCUT2D eigenvalue weighted by atomic mass is 9.97. The van der Waals surface area contributed by atoms with Crippen LogP contribution in [0.15, 0.2) is 42.9 Å². The monoisotopic (exact) mass is 324 g/mol. The topological polar surface area (TPSA) is 24.3 Å². The van der Waals surface area contributed by atoms with Gasteiger partial charge in [-0.05, 0) is 31.9 Å². The summed E-state index contributed by atoms with van der Waals surface area (Å²) < 4.78 is 2.28. The molecule has 4 heteroatoms. The van der Waals surface area contributed by atoms with Gasteiger partial charge in [0, 0.05) is 44.5 Å². The molecule has 1 aromatic heterocycles. The number of benzene rings is 1. The van der Waals surface area contributed by atoms with Crippen molar-refractivity contribution in [1.82, 2.24) is 19.4 Å². The van der Waals surface area contributed by atoms with Crippen LogP contribution >= 0.6 is 0 Å². The SMILES string of the molecule is C[C@@H]1CCCCN1C1CN(Cc2cncn2Cc2ccccc2)C1. The maximum absolute atomic E-state index is 4.38. The number of rotatable bonds is 5. The minimum absolute atomic E-state index is 0.769. The van der Waals surface area contributed by atoms with Crippen molar-refractivity contribution in [1.29, 1.82) is 0 Å². The largest absolute Gasteiger partial charge is 0.329 e. The molecule has 0 unspecified atom stereocenters. The summed E-state index contributed by atoms with van der Waals surface area (Å²) in [5.41, 5.74) is 2.66. The van der Waals surface area contributed by atoms with Crippen molar-refractivity contribution in [2.75, 3.05) is 19.6 Å². The molecule has 0 spiro atoms. The van der Waals surface area contributed by atoms with Crippen LogP contribution in [0.1, 0.15) is 37.4 Å². The molecule has 3 heterocycles. The van der Waals surface area contributed by atoms with Crippen LogP contribution in [-0.2, 0) is 13.1 Å². The molecule has 1 aromatic carbocycles. The number of imidazole rings is 1. The van der Waals surface area contributed by atoms with Gasteiger partial charge >= 0.3 is 0 Å². The second kappa shape index (κ2) is 7.08. The van der Waals surface area contributed by atoms with Crippen LogP contribution in [0.25, 0.3) is 0 Å². The molecule has 24 heavy (non-hydrogen) atoms. The van der Waals surface area contributed by atoms with Gasteiger partial charge in [-0.1, -0.05) is 36.8 Å². The molecular weight excluding hydrogens is 296 g/mol. The van der Waals surface area contributed by atoms with Gasteiger partial charge < -0.3 is 4.57 Å². The molecule has 2 aromatic rings. The minimum atomic E-state index is 0.769. The van der Waals surface area contributed by atoms with E-state index in [2.05, 4.69) is 56.6 Å². The van der Waals surface area contributed by atoms with Crippen molar-refractivity contribution in [3.8, 4) is 0 Å². The van der Waals surface area contributed by atoms with Crippen LogP contribution in [-0.4, -0.2) is 51.1 Å². The van der Waals surface area contributed by atoms with E-state index < -0.39 is 0 Å². The Hall–Kier alpha value is -1.65. The van der Waals surface area contributed by atoms with E-state index >= 15 is 0 Å². The third kappa shape index (κ3) is 3.40. The molecular formula is C20H28N4. The van der Waals surface area contributed by atoms with Gasteiger partial charge in [-0.25, -0.2) is 4.98 Å². The lowest BCUT2D eigenvalue weighted by Crippen LogP contribution is -2.61. The van der Waals surface area contributed by atoms with Gasteiger partial charge in [0.1, 0.15) is 0 Å².